The second-order valence-corrected chi connectivity index (χ2v) is 9.42. The molecule has 0 spiro atoms. The summed E-state index contributed by atoms with van der Waals surface area (Å²) in [5.74, 6) is 3.18. The summed E-state index contributed by atoms with van der Waals surface area (Å²) < 4.78 is 5.94. The van der Waals surface area contributed by atoms with Crippen molar-refractivity contribution in [3.8, 4) is 11.5 Å². The van der Waals surface area contributed by atoms with Gasteiger partial charge < -0.3 is 15.4 Å². The number of fused-ring (bicyclic) bond motifs is 2. The highest BCUT2D eigenvalue weighted by Crippen LogP contribution is 2.60. The molecule has 29 heavy (non-hydrogen) atoms. The Morgan fingerprint density at radius 2 is 1.66 bits per heavy atom. The fourth-order valence-corrected chi connectivity index (χ4v) is 6.49. The van der Waals surface area contributed by atoms with E-state index in [1.54, 1.807) is 12.1 Å². The molecule has 4 aliphatic carbocycles. The number of hydrogen-bond donors (Lipinski definition) is 2. The molecule has 2 amide bonds. The zero-order chi connectivity index (χ0) is 19.6. The Labute approximate surface area is 169 Å². The van der Waals surface area contributed by atoms with Crippen LogP contribution in [0.15, 0.2) is 42.5 Å². The van der Waals surface area contributed by atoms with Gasteiger partial charge in [0.1, 0.15) is 5.75 Å². The van der Waals surface area contributed by atoms with Gasteiger partial charge in [0.05, 0.1) is 16.7 Å². The molecule has 4 saturated carbocycles. The summed E-state index contributed by atoms with van der Waals surface area (Å²) in [6.07, 6.45) is 6.99. The number of rotatable bonds is 2. The topological polar surface area (TPSA) is 67.4 Å². The lowest BCUT2D eigenvalue weighted by molar-refractivity contribution is -0.140. The van der Waals surface area contributed by atoms with E-state index in [0.29, 0.717) is 28.4 Å². The number of amides is 2. The van der Waals surface area contributed by atoms with Crippen LogP contribution in [-0.2, 0) is 4.79 Å². The van der Waals surface area contributed by atoms with Gasteiger partial charge in [-0.3, -0.25) is 9.59 Å². The third-order valence-electron chi connectivity index (χ3n) is 7.36. The lowest BCUT2D eigenvalue weighted by atomic mass is 9.49. The molecule has 0 aromatic heterocycles. The number of nitrogens with one attached hydrogen (secondary N) is 2. The van der Waals surface area contributed by atoms with Crippen molar-refractivity contribution in [2.45, 2.75) is 38.5 Å². The zero-order valence-corrected chi connectivity index (χ0v) is 16.2. The van der Waals surface area contributed by atoms with Crippen LogP contribution in [-0.4, -0.2) is 11.8 Å². The summed E-state index contributed by atoms with van der Waals surface area (Å²) in [6.45, 7) is 0. The van der Waals surface area contributed by atoms with Gasteiger partial charge >= 0.3 is 0 Å². The van der Waals surface area contributed by atoms with E-state index < -0.39 is 0 Å². The van der Waals surface area contributed by atoms with Crippen molar-refractivity contribution >= 4 is 23.2 Å². The number of hydrogen-bond acceptors (Lipinski definition) is 3. The van der Waals surface area contributed by atoms with E-state index in [1.807, 2.05) is 30.3 Å². The molecular weight excluding hydrogens is 364 g/mol. The molecule has 5 heteroatoms. The molecule has 2 aromatic rings. The fraction of sp³-hybridized carbons (Fsp3) is 0.417. The molecule has 0 radical (unpaired) electrons. The first-order chi connectivity index (χ1) is 14.1. The Hall–Kier alpha value is -2.82. The molecule has 2 N–H and O–H groups in total. The van der Waals surface area contributed by atoms with Crippen molar-refractivity contribution in [2.24, 2.45) is 23.2 Å². The maximum Gasteiger partial charge on any atom is 0.259 e. The van der Waals surface area contributed by atoms with Crippen molar-refractivity contribution in [1.29, 1.82) is 0 Å². The Bertz CT molecular complexity index is 993. The van der Waals surface area contributed by atoms with Gasteiger partial charge in [-0.1, -0.05) is 12.1 Å². The van der Waals surface area contributed by atoms with Gasteiger partial charge in [0.2, 0.25) is 5.91 Å². The standard InChI is InChI=1S/C24H24N2O3/c27-22-18-10-17(5-6-20(18)29-21-4-2-1-3-19(21)26-22)25-23(28)24-11-14-7-15(12-24)9-16(8-14)13-24/h1-6,10,14-16H,7-9,11-13H2,(H,25,28)(H,26,27). The maximum atomic E-state index is 13.3. The van der Waals surface area contributed by atoms with Gasteiger partial charge in [0.15, 0.2) is 5.75 Å². The number of carbonyl (C=O) groups excluding carboxylic acids is 2. The molecule has 148 valence electrons. The smallest absolute Gasteiger partial charge is 0.259 e. The van der Waals surface area contributed by atoms with E-state index in [0.717, 1.165) is 37.0 Å². The van der Waals surface area contributed by atoms with Crippen LogP contribution in [0.5, 0.6) is 11.5 Å². The lowest BCUT2D eigenvalue weighted by Gasteiger charge is -2.55. The summed E-state index contributed by atoms with van der Waals surface area (Å²) >= 11 is 0. The van der Waals surface area contributed by atoms with E-state index >= 15 is 0 Å². The van der Waals surface area contributed by atoms with E-state index in [-0.39, 0.29) is 17.2 Å². The minimum atomic E-state index is -0.226. The van der Waals surface area contributed by atoms with Gasteiger partial charge in [0, 0.05) is 5.69 Å². The van der Waals surface area contributed by atoms with Crippen LogP contribution >= 0.6 is 0 Å². The van der Waals surface area contributed by atoms with Crippen molar-refractivity contribution in [3.05, 3.63) is 48.0 Å². The highest BCUT2D eigenvalue weighted by Gasteiger charge is 2.54. The van der Waals surface area contributed by atoms with Gasteiger partial charge in [-0.05, 0) is 86.6 Å². The monoisotopic (exact) mass is 388 g/mol. The highest BCUT2D eigenvalue weighted by molar-refractivity contribution is 6.09. The van der Waals surface area contributed by atoms with Gasteiger partial charge in [-0.25, -0.2) is 0 Å². The SMILES string of the molecule is O=C1Nc2ccccc2Oc2ccc(NC(=O)C34CC5CC(CC(C5)C3)C4)cc21. The van der Waals surface area contributed by atoms with E-state index in [4.69, 9.17) is 4.74 Å². The Balaban J connectivity index is 1.27. The average molecular weight is 388 g/mol. The largest absolute Gasteiger partial charge is 0.454 e. The molecule has 4 fully saturated rings. The van der Waals surface area contributed by atoms with E-state index in [9.17, 15) is 9.59 Å². The predicted molar refractivity (Wildman–Crippen MR) is 110 cm³/mol. The van der Waals surface area contributed by atoms with E-state index in [1.165, 1.54) is 19.3 Å². The van der Waals surface area contributed by atoms with Crippen LogP contribution in [0, 0.1) is 23.2 Å². The second-order valence-electron chi connectivity index (χ2n) is 9.42. The van der Waals surface area contributed by atoms with Crippen LogP contribution < -0.4 is 15.4 Å². The molecule has 0 unspecified atom stereocenters. The molecule has 5 aliphatic rings. The highest BCUT2D eigenvalue weighted by atomic mass is 16.5. The molecule has 1 heterocycles. The molecule has 2 aromatic carbocycles. The number of benzene rings is 2. The van der Waals surface area contributed by atoms with Crippen LogP contribution in [0.3, 0.4) is 0 Å². The molecule has 1 aliphatic heterocycles. The fourth-order valence-electron chi connectivity index (χ4n) is 6.49. The van der Waals surface area contributed by atoms with Crippen LogP contribution in [0.2, 0.25) is 0 Å². The summed E-state index contributed by atoms with van der Waals surface area (Å²) in [7, 11) is 0. The number of para-hydroxylation sites is 2. The van der Waals surface area contributed by atoms with Crippen LogP contribution in [0.4, 0.5) is 11.4 Å². The molecule has 5 nitrogen and oxygen atoms in total. The summed E-state index contributed by atoms with van der Waals surface area (Å²) in [6, 6.07) is 12.7. The van der Waals surface area contributed by atoms with Gasteiger partial charge in [-0.2, -0.15) is 0 Å². The normalized spacial score (nSPS) is 31.2. The molecule has 0 saturated heterocycles. The lowest BCUT2D eigenvalue weighted by Crippen LogP contribution is -2.51. The summed E-state index contributed by atoms with van der Waals surface area (Å²) in [4.78, 5) is 26.0. The first-order valence-electron chi connectivity index (χ1n) is 10.6. The zero-order valence-electron chi connectivity index (χ0n) is 16.2. The third-order valence-corrected chi connectivity index (χ3v) is 7.36. The predicted octanol–water partition coefficient (Wildman–Crippen LogP) is 5.20. The quantitative estimate of drug-likeness (QED) is 0.743. The van der Waals surface area contributed by atoms with Crippen LogP contribution in [0.25, 0.3) is 0 Å². The first-order valence-corrected chi connectivity index (χ1v) is 10.6. The number of carbonyl (C=O) groups is 2. The average Bonchev–Trinajstić information content (AvgIpc) is 2.83. The van der Waals surface area contributed by atoms with Gasteiger partial charge in [0.25, 0.3) is 5.91 Å². The van der Waals surface area contributed by atoms with Crippen molar-refractivity contribution in [2.75, 3.05) is 10.6 Å². The Morgan fingerprint density at radius 3 is 2.38 bits per heavy atom. The molecule has 0 atom stereocenters. The minimum Gasteiger partial charge on any atom is -0.454 e. The number of ether oxygens (including phenoxy) is 1. The van der Waals surface area contributed by atoms with Crippen molar-refractivity contribution in [1.82, 2.24) is 0 Å². The summed E-state index contributed by atoms with van der Waals surface area (Å²) in [5, 5.41) is 6.03. The molecule has 4 bridgehead atoms. The number of anilines is 2. The van der Waals surface area contributed by atoms with E-state index in [2.05, 4.69) is 10.6 Å². The van der Waals surface area contributed by atoms with Gasteiger partial charge in [-0.15, -0.1) is 0 Å². The third kappa shape index (κ3) is 2.75. The summed E-state index contributed by atoms with van der Waals surface area (Å²) in [5.41, 5.74) is 1.53. The van der Waals surface area contributed by atoms with Crippen molar-refractivity contribution < 1.29 is 14.3 Å². The first kappa shape index (κ1) is 17.1. The molecular formula is C24H24N2O3. The van der Waals surface area contributed by atoms with Crippen LogP contribution in [0.1, 0.15) is 48.9 Å². The Kier molecular flexibility index (Phi) is 3.58. The second kappa shape index (κ2) is 6.09. The molecule has 7 rings (SSSR count). The van der Waals surface area contributed by atoms with Crippen molar-refractivity contribution in [3.63, 3.8) is 0 Å². The minimum absolute atomic E-state index is 0.134. The maximum absolute atomic E-state index is 13.3. The Morgan fingerprint density at radius 1 is 0.966 bits per heavy atom.